The van der Waals surface area contributed by atoms with Gasteiger partial charge in [0.1, 0.15) is 30.5 Å². The number of aliphatic hydroxyl groups excluding tert-OH is 7. The quantitative estimate of drug-likeness (QED) is 0.195. The molecule has 9 atom stereocenters. The summed E-state index contributed by atoms with van der Waals surface area (Å²) in [5, 5.41) is 86.8. The first-order valence-electron chi connectivity index (χ1n) is 8.11. The van der Waals surface area contributed by atoms with Gasteiger partial charge < -0.3 is 60.2 Å². The highest BCUT2D eigenvalue weighted by Crippen LogP contribution is 2.31. The van der Waals surface area contributed by atoms with Crippen molar-refractivity contribution >= 4 is 0 Å². The molecule has 0 aliphatic carbocycles. The molecule has 0 bridgehead atoms. The fraction of sp³-hybridized carbons (Fsp3) is 1.00. The van der Waals surface area contributed by atoms with Crippen LogP contribution in [0.25, 0.3) is 0 Å². The molecule has 12 heteroatoms. The number of ether oxygens (including phenoxy) is 3. The predicted octanol–water partition coefficient (Wildman–Crippen LogP) is -5.79. The van der Waals surface area contributed by atoms with Gasteiger partial charge >= 0.3 is 0 Å². The summed E-state index contributed by atoms with van der Waals surface area (Å²) in [4.78, 5) is 0. The van der Waals surface area contributed by atoms with Crippen LogP contribution in [-0.2, 0) is 14.2 Å². The summed E-state index contributed by atoms with van der Waals surface area (Å²) in [6, 6.07) is 0. The fourth-order valence-corrected chi connectivity index (χ4v) is 3.07. The summed E-state index contributed by atoms with van der Waals surface area (Å²) in [5.74, 6) is -4.02. The van der Waals surface area contributed by atoms with Gasteiger partial charge in [-0.05, 0) is 0 Å². The second-order valence-corrected chi connectivity index (χ2v) is 6.46. The first-order valence-corrected chi connectivity index (χ1v) is 8.11. The van der Waals surface area contributed by atoms with Crippen LogP contribution in [-0.4, -0.2) is 127 Å². The molecule has 0 aromatic carbocycles. The van der Waals surface area contributed by atoms with E-state index in [0.29, 0.717) is 0 Å². The largest absolute Gasteiger partial charge is 0.396 e. The molecular formula is C14H26O12. The van der Waals surface area contributed by atoms with E-state index in [4.69, 9.17) is 19.3 Å². The van der Waals surface area contributed by atoms with Crippen LogP contribution in [0, 0.1) is 5.92 Å². The van der Waals surface area contributed by atoms with Crippen molar-refractivity contribution in [2.75, 3.05) is 26.4 Å². The van der Waals surface area contributed by atoms with Crippen molar-refractivity contribution < 1.29 is 60.2 Å². The molecule has 9 N–H and O–H groups in total. The zero-order valence-corrected chi connectivity index (χ0v) is 13.8. The summed E-state index contributed by atoms with van der Waals surface area (Å²) in [6.45, 7) is -2.43. The maximum atomic E-state index is 10.0. The van der Waals surface area contributed by atoms with Gasteiger partial charge in [0, 0.05) is 5.92 Å². The molecule has 0 spiro atoms. The molecule has 2 aliphatic rings. The molecule has 0 saturated carbocycles. The molecule has 2 fully saturated rings. The molecule has 2 saturated heterocycles. The Morgan fingerprint density at radius 1 is 0.731 bits per heavy atom. The number of hydrogen-bond acceptors (Lipinski definition) is 12. The third kappa shape index (κ3) is 4.01. The molecule has 0 aromatic rings. The van der Waals surface area contributed by atoms with Gasteiger partial charge in [0.15, 0.2) is 0 Å². The van der Waals surface area contributed by atoms with Crippen LogP contribution >= 0.6 is 0 Å². The number of hydrogen-bond donors (Lipinski definition) is 9. The van der Waals surface area contributed by atoms with E-state index in [2.05, 4.69) is 0 Å². The van der Waals surface area contributed by atoms with Gasteiger partial charge in [0.05, 0.1) is 38.6 Å². The van der Waals surface area contributed by atoms with Crippen molar-refractivity contribution in [1.29, 1.82) is 0 Å². The van der Waals surface area contributed by atoms with Crippen molar-refractivity contribution in [3.05, 3.63) is 0 Å². The van der Waals surface area contributed by atoms with Gasteiger partial charge in [-0.2, -0.15) is 0 Å². The number of rotatable bonds is 6. The minimum atomic E-state index is -3.01. The van der Waals surface area contributed by atoms with Crippen molar-refractivity contribution in [1.82, 2.24) is 0 Å². The minimum Gasteiger partial charge on any atom is -0.396 e. The first kappa shape index (κ1) is 21.8. The van der Waals surface area contributed by atoms with Gasteiger partial charge in [-0.25, -0.2) is 0 Å². The molecule has 2 rings (SSSR count). The van der Waals surface area contributed by atoms with E-state index >= 15 is 0 Å². The average Bonchev–Trinajstić information content (AvgIpc) is 2.62. The lowest BCUT2D eigenvalue weighted by atomic mass is 9.87. The van der Waals surface area contributed by atoms with E-state index in [1.54, 1.807) is 0 Å². The molecule has 0 radical (unpaired) electrons. The van der Waals surface area contributed by atoms with E-state index in [1.807, 2.05) is 0 Å². The lowest BCUT2D eigenvalue weighted by Crippen LogP contribution is -2.67. The molecule has 0 aromatic heterocycles. The third-order valence-corrected chi connectivity index (χ3v) is 4.76. The molecular weight excluding hydrogens is 360 g/mol. The van der Waals surface area contributed by atoms with E-state index < -0.39 is 87.2 Å². The van der Waals surface area contributed by atoms with Crippen molar-refractivity contribution in [3.63, 3.8) is 0 Å². The van der Waals surface area contributed by atoms with E-state index in [-0.39, 0.29) is 0 Å². The Bertz CT molecular complexity index is 448. The summed E-state index contributed by atoms with van der Waals surface area (Å²) in [6.07, 6.45) is -12.2. The maximum Gasteiger partial charge on any atom is 0.245 e. The topological polar surface area (TPSA) is 210 Å². The van der Waals surface area contributed by atoms with Gasteiger partial charge in [-0.3, -0.25) is 0 Å². The zero-order chi connectivity index (χ0) is 19.6. The highest BCUT2D eigenvalue weighted by atomic mass is 16.7. The maximum absolute atomic E-state index is 10.0. The Balaban J connectivity index is 2.07. The predicted molar refractivity (Wildman–Crippen MR) is 79.2 cm³/mol. The van der Waals surface area contributed by atoms with Crippen LogP contribution in [0.3, 0.4) is 0 Å². The van der Waals surface area contributed by atoms with E-state index in [1.165, 1.54) is 0 Å². The van der Waals surface area contributed by atoms with Gasteiger partial charge in [-0.15, -0.1) is 0 Å². The van der Waals surface area contributed by atoms with Gasteiger partial charge in [-0.1, -0.05) is 0 Å². The Hall–Kier alpha value is -0.480. The molecule has 5 unspecified atom stereocenters. The normalized spacial score (nSPS) is 46.3. The monoisotopic (exact) mass is 386 g/mol. The standard InChI is InChI=1S/C14H26O12/c15-1-5-8(25-6(2-16)10(19)9(5)18)4-24-13-14(22,23)12(21)11(20)7(3-17)26-13/h5-13,15-23H,1-4H2/t5-,6+,7?,8?,9?,10?,11+,12?,13+/m1/s1. The smallest absolute Gasteiger partial charge is 0.245 e. The first-order chi connectivity index (χ1) is 12.2. The minimum absolute atomic E-state index is 0.486. The van der Waals surface area contributed by atoms with Crippen LogP contribution in [0.1, 0.15) is 0 Å². The number of aliphatic hydroxyl groups is 9. The van der Waals surface area contributed by atoms with Crippen LogP contribution in [0.5, 0.6) is 0 Å². The molecule has 2 aliphatic heterocycles. The molecule has 2 heterocycles. The van der Waals surface area contributed by atoms with Crippen molar-refractivity contribution in [3.8, 4) is 0 Å². The Morgan fingerprint density at radius 2 is 1.31 bits per heavy atom. The molecule has 12 nitrogen and oxygen atoms in total. The molecule has 26 heavy (non-hydrogen) atoms. The average molecular weight is 386 g/mol. The zero-order valence-electron chi connectivity index (χ0n) is 13.8. The van der Waals surface area contributed by atoms with E-state index in [0.717, 1.165) is 0 Å². The third-order valence-electron chi connectivity index (χ3n) is 4.76. The summed E-state index contributed by atoms with van der Waals surface area (Å²) in [7, 11) is 0. The Labute approximate surface area is 148 Å². The Kier molecular flexibility index (Phi) is 7.29. The molecule has 0 amide bonds. The van der Waals surface area contributed by atoms with Crippen LogP contribution in [0.2, 0.25) is 0 Å². The van der Waals surface area contributed by atoms with Gasteiger partial charge in [0.25, 0.3) is 0 Å². The van der Waals surface area contributed by atoms with Crippen LogP contribution in [0.4, 0.5) is 0 Å². The van der Waals surface area contributed by atoms with Crippen LogP contribution < -0.4 is 0 Å². The van der Waals surface area contributed by atoms with Crippen molar-refractivity contribution in [2.24, 2.45) is 5.92 Å². The summed E-state index contributed by atoms with van der Waals surface area (Å²) < 4.78 is 15.6. The Morgan fingerprint density at radius 3 is 1.85 bits per heavy atom. The SMILES string of the molecule is OCC1O[C@H](OCC2O[C@@H](CO)C(O)C(O)[C@@H]2CO)C(O)(O)C(O)[C@H]1O. The highest BCUT2D eigenvalue weighted by Gasteiger charge is 2.55. The van der Waals surface area contributed by atoms with E-state index in [9.17, 15) is 40.9 Å². The van der Waals surface area contributed by atoms with Gasteiger partial charge in [0.2, 0.25) is 12.1 Å². The highest BCUT2D eigenvalue weighted by molar-refractivity contribution is 4.95. The van der Waals surface area contributed by atoms with Crippen LogP contribution in [0.15, 0.2) is 0 Å². The summed E-state index contributed by atoms with van der Waals surface area (Å²) >= 11 is 0. The second kappa shape index (κ2) is 8.68. The fourth-order valence-electron chi connectivity index (χ4n) is 3.07. The lowest BCUT2D eigenvalue weighted by molar-refractivity contribution is -0.408. The second-order valence-electron chi connectivity index (χ2n) is 6.46. The van der Waals surface area contributed by atoms with Crippen molar-refractivity contribution in [2.45, 2.75) is 54.8 Å². The molecule has 154 valence electrons. The lowest BCUT2D eigenvalue weighted by Gasteiger charge is -2.46. The summed E-state index contributed by atoms with van der Waals surface area (Å²) in [5.41, 5.74) is 0.